The minimum absolute atomic E-state index is 0.0641. The Bertz CT molecular complexity index is 1080. The van der Waals surface area contributed by atoms with Gasteiger partial charge in [-0.15, -0.1) is 0 Å². The van der Waals surface area contributed by atoms with Crippen molar-refractivity contribution in [2.75, 3.05) is 6.54 Å². The number of amides is 4. The molecule has 40 heavy (non-hydrogen) atoms. The predicted molar refractivity (Wildman–Crippen MR) is 142 cm³/mol. The molecule has 1 aromatic rings. The van der Waals surface area contributed by atoms with Gasteiger partial charge in [0.05, 0.1) is 12.5 Å². The quantitative estimate of drug-likeness (QED) is 0.0488. The minimum Gasteiger partial charge on any atom is -0.481 e. The summed E-state index contributed by atoms with van der Waals surface area (Å²) in [5.74, 6) is -6.63. The Morgan fingerprint density at radius 1 is 0.800 bits per heavy atom. The number of nitrogens with one attached hydrogen (secondary N) is 3. The molecule has 0 aromatic heterocycles. The molecule has 4 unspecified atom stereocenters. The molecule has 0 aliphatic heterocycles. The fourth-order valence-electron chi connectivity index (χ4n) is 3.48. The standard InChI is InChI=1S/C24H36N8O8/c25-14(11-13-5-2-1-3-6-13)20(36)32-17(12-19(34)35)22(38)30-15(8-9-18(26)33)21(37)31-16(23(39)40)7-4-10-29-24(27)28/h1-3,5-6,14-17H,4,7-12,25H2,(H2,26,33)(H,30,38)(H,31,37)(H,32,36)(H,34,35)(H,39,40)(H4,27,28,29). The summed E-state index contributed by atoms with van der Waals surface area (Å²) in [6, 6.07) is 3.13. The molecule has 0 saturated heterocycles. The van der Waals surface area contributed by atoms with Crippen LogP contribution in [0, 0.1) is 0 Å². The van der Waals surface area contributed by atoms with Gasteiger partial charge in [-0.3, -0.25) is 29.0 Å². The largest absolute Gasteiger partial charge is 0.481 e. The summed E-state index contributed by atoms with van der Waals surface area (Å²) in [7, 11) is 0. The van der Waals surface area contributed by atoms with Crippen molar-refractivity contribution in [3.05, 3.63) is 35.9 Å². The second kappa shape index (κ2) is 17.0. The summed E-state index contributed by atoms with van der Waals surface area (Å²) in [6.45, 7) is 0.104. The summed E-state index contributed by atoms with van der Waals surface area (Å²) in [5.41, 5.74) is 22.3. The number of nitrogens with zero attached hydrogens (tertiary/aromatic N) is 1. The number of carbonyl (C=O) groups is 6. The van der Waals surface area contributed by atoms with Gasteiger partial charge in [-0.1, -0.05) is 30.3 Å². The van der Waals surface area contributed by atoms with E-state index in [1.165, 1.54) is 0 Å². The van der Waals surface area contributed by atoms with E-state index in [2.05, 4.69) is 20.9 Å². The molecule has 220 valence electrons. The zero-order valence-electron chi connectivity index (χ0n) is 21.7. The van der Waals surface area contributed by atoms with Gasteiger partial charge in [0, 0.05) is 13.0 Å². The average Bonchev–Trinajstić information content (AvgIpc) is 2.87. The number of benzene rings is 1. The number of hydrogen-bond donors (Lipinski definition) is 9. The highest BCUT2D eigenvalue weighted by atomic mass is 16.4. The highest BCUT2D eigenvalue weighted by Gasteiger charge is 2.31. The first-order valence-electron chi connectivity index (χ1n) is 12.3. The minimum atomic E-state index is -1.63. The van der Waals surface area contributed by atoms with Crippen molar-refractivity contribution in [2.24, 2.45) is 27.9 Å². The van der Waals surface area contributed by atoms with Crippen LogP contribution in [0.25, 0.3) is 0 Å². The number of aliphatic carboxylic acids is 2. The lowest BCUT2D eigenvalue weighted by Gasteiger charge is -2.24. The first kappa shape index (κ1) is 33.3. The number of primary amides is 1. The first-order chi connectivity index (χ1) is 18.8. The number of carbonyl (C=O) groups excluding carboxylic acids is 4. The van der Waals surface area contributed by atoms with Crippen LogP contribution in [0.5, 0.6) is 0 Å². The number of guanidine groups is 1. The van der Waals surface area contributed by atoms with Gasteiger partial charge in [0.25, 0.3) is 0 Å². The van der Waals surface area contributed by atoms with Crippen molar-refractivity contribution < 1.29 is 39.0 Å². The van der Waals surface area contributed by atoms with Crippen LogP contribution >= 0.6 is 0 Å². The molecule has 4 amide bonds. The third-order valence-electron chi connectivity index (χ3n) is 5.52. The average molecular weight is 565 g/mol. The molecular weight excluding hydrogens is 528 g/mol. The molecule has 16 nitrogen and oxygen atoms in total. The van der Waals surface area contributed by atoms with Gasteiger partial charge in [-0.05, 0) is 31.2 Å². The molecular formula is C24H36N8O8. The Balaban J connectivity index is 2.98. The molecule has 4 atom stereocenters. The van der Waals surface area contributed by atoms with Crippen molar-refractivity contribution in [3.8, 4) is 0 Å². The number of carboxylic acids is 2. The molecule has 13 N–H and O–H groups in total. The van der Waals surface area contributed by atoms with Gasteiger partial charge in [-0.2, -0.15) is 0 Å². The van der Waals surface area contributed by atoms with E-state index in [9.17, 15) is 39.0 Å². The monoisotopic (exact) mass is 564 g/mol. The third kappa shape index (κ3) is 13.2. The van der Waals surface area contributed by atoms with Gasteiger partial charge in [0.15, 0.2) is 5.96 Å². The van der Waals surface area contributed by atoms with Crippen molar-refractivity contribution in [2.45, 2.75) is 62.7 Å². The Kier molecular flexibility index (Phi) is 14.1. The van der Waals surface area contributed by atoms with E-state index < -0.39 is 66.2 Å². The molecule has 0 heterocycles. The highest BCUT2D eigenvalue weighted by molar-refractivity contribution is 5.95. The predicted octanol–water partition coefficient (Wildman–Crippen LogP) is -3.11. The van der Waals surface area contributed by atoms with Crippen molar-refractivity contribution >= 4 is 41.5 Å². The number of nitrogens with two attached hydrogens (primary N) is 4. The van der Waals surface area contributed by atoms with Crippen LogP contribution in [0.1, 0.15) is 37.7 Å². The maximum absolute atomic E-state index is 13.0. The van der Waals surface area contributed by atoms with E-state index in [0.29, 0.717) is 0 Å². The fourth-order valence-corrected chi connectivity index (χ4v) is 3.48. The lowest BCUT2D eigenvalue weighted by molar-refractivity contribution is -0.143. The normalized spacial score (nSPS) is 13.5. The highest BCUT2D eigenvalue weighted by Crippen LogP contribution is 2.06. The zero-order valence-corrected chi connectivity index (χ0v) is 21.7. The Morgan fingerprint density at radius 2 is 1.38 bits per heavy atom. The number of rotatable bonds is 18. The molecule has 0 saturated carbocycles. The van der Waals surface area contributed by atoms with E-state index in [4.69, 9.17) is 22.9 Å². The second-order valence-corrected chi connectivity index (χ2v) is 8.87. The van der Waals surface area contributed by atoms with Gasteiger partial charge in [0.1, 0.15) is 18.1 Å². The fraction of sp³-hybridized carbons (Fsp3) is 0.458. The Hall–Kier alpha value is -4.73. The summed E-state index contributed by atoms with van der Waals surface area (Å²) >= 11 is 0. The topological polar surface area (TPSA) is 295 Å². The molecule has 16 heteroatoms. The van der Waals surface area contributed by atoms with Crippen LogP contribution in [0.3, 0.4) is 0 Å². The molecule has 0 spiro atoms. The van der Waals surface area contributed by atoms with Gasteiger partial charge in [-0.25, -0.2) is 4.79 Å². The van der Waals surface area contributed by atoms with Crippen LogP contribution in [0.15, 0.2) is 35.3 Å². The van der Waals surface area contributed by atoms with Crippen molar-refractivity contribution in [1.82, 2.24) is 16.0 Å². The summed E-state index contributed by atoms with van der Waals surface area (Å²) in [4.78, 5) is 76.6. The molecule has 1 rings (SSSR count). The Labute approximate surface area is 229 Å². The van der Waals surface area contributed by atoms with E-state index in [-0.39, 0.29) is 44.6 Å². The van der Waals surface area contributed by atoms with E-state index >= 15 is 0 Å². The van der Waals surface area contributed by atoms with Crippen molar-refractivity contribution in [1.29, 1.82) is 0 Å². The smallest absolute Gasteiger partial charge is 0.326 e. The molecule has 0 aliphatic carbocycles. The maximum Gasteiger partial charge on any atom is 0.326 e. The van der Waals surface area contributed by atoms with E-state index in [0.717, 1.165) is 5.56 Å². The molecule has 0 fully saturated rings. The van der Waals surface area contributed by atoms with Crippen LogP contribution < -0.4 is 38.9 Å². The lowest BCUT2D eigenvalue weighted by atomic mass is 10.0. The number of hydrogen-bond acceptors (Lipinski definition) is 8. The molecule has 0 aliphatic rings. The second-order valence-electron chi connectivity index (χ2n) is 8.87. The van der Waals surface area contributed by atoms with Crippen LogP contribution in [0.2, 0.25) is 0 Å². The third-order valence-corrected chi connectivity index (χ3v) is 5.52. The summed E-state index contributed by atoms with van der Waals surface area (Å²) in [5, 5.41) is 25.5. The van der Waals surface area contributed by atoms with Crippen LogP contribution in [-0.4, -0.2) is 82.5 Å². The van der Waals surface area contributed by atoms with Gasteiger partial charge in [0.2, 0.25) is 23.6 Å². The van der Waals surface area contributed by atoms with Gasteiger partial charge < -0.3 is 49.1 Å². The number of carboxylic acid groups (broad SMARTS) is 2. The summed E-state index contributed by atoms with van der Waals surface area (Å²) < 4.78 is 0. The van der Waals surface area contributed by atoms with Crippen LogP contribution in [-0.2, 0) is 35.2 Å². The lowest BCUT2D eigenvalue weighted by Crippen LogP contribution is -2.57. The SMILES string of the molecule is NC(=O)CCC(NC(=O)C(CC(=O)O)NC(=O)C(N)Cc1ccccc1)C(=O)NC(CCCN=C(N)N)C(=O)O. The molecule has 0 bridgehead atoms. The van der Waals surface area contributed by atoms with Crippen LogP contribution in [0.4, 0.5) is 0 Å². The molecule has 1 aromatic carbocycles. The van der Waals surface area contributed by atoms with Gasteiger partial charge >= 0.3 is 11.9 Å². The Morgan fingerprint density at radius 3 is 1.93 bits per heavy atom. The van der Waals surface area contributed by atoms with Crippen molar-refractivity contribution in [3.63, 3.8) is 0 Å². The number of aliphatic imine (C=N–C) groups is 1. The maximum atomic E-state index is 13.0. The zero-order chi connectivity index (χ0) is 30.2. The van der Waals surface area contributed by atoms with E-state index in [1.54, 1.807) is 30.3 Å². The molecule has 0 radical (unpaired) electrons. The summed E-state index contributed by atoms with van der Waals surface area (Å²) in [6.07, 6.45) is -1.29. The first-order valence-corrected chi connectivity index (χ1v) is 12.3. The van der Waals surface area contributed by atoms with E-state index in [1.807, 2.05) is 0 Å².